The Morgan fingerprint density at radius 2 is 2.29 bits per heavy atom. The standard InChI is InChI=1S/C6H11O/c1-5(2)3-6-4-7-6/h3,5-6H,4H2,1-2H3. The van der Waals surface area contributed by atoms with E-state index in [9.17, 15) is 0 Å². The lowest BCUT2D eigenvalue weighted by atomic mass is 10.1. The molecule has 0 bridgehead atoms. The van der Waals surface area contributed by atoms with E-state index >= 15 is 0 Å². The Labute approximate surface area is 44.7 Å². The van der Waals surface area contributed by atoms with Gasteiger partial charge in [-0.3, -0.25) is 0 Å². The number of epoxide rings is 1. The lowest BCUT2D eigenvalue weighted by Crippen LogP contribution is -1.93. The molecule has 1 heterocycles. The summed E-state index contributed by atoms with van der Waals surface area (Å²) in [6.07, 6.45) is 2.72. The molecule has 0 spiro atoms. The van der Waals surface area contributed by atoms with Crippen molar-refractivity contribution in [1.82, 2.24) is 0 Å². The normalized spacial score (nSPS) is 28.7. The van der Waals surface area contributed by atoms with E-state index in [0.29, 0.717) is 12.0 Å². The average Bonchev–Trinajstić information content (AvgIpc) is 2.17. The fourth-order valence-corrected chi connectivity index (χ4v) is 0.596. The van der Waals surface area contributed by atoms with Gasteiger partial charge < -0.3 is 4.74 Å². The maximum Gasteiger partial charge on any atom is 0.0844 e. The second-order valence-corrected chi connectivity index (χ2v) is 2.31. The van der Waals surface area contributed by atoms with E-state index in [1.807, 2.05) is 0 Å². The zero-order valence-corrected chi connectivity index (χ0v) is 4.85. The minimum Gasteiger partial charge on any atom is -0.373 e. The Morgan fingerprint density at radius 3 is 2.43 bits per heavy atom. The van der Waals surface area contributed by atoms with Gasteiger partial charge in [-0.15, -0.1) is 0 Å². The first kappa shape index (κ1) is 5.10. The van der Waals surface area contributed by atoms with Crippen molar-refractivity contribution < 1.29 is 4.74 Å². The van der Waals surface area contributed by atoms with E-state index in [0.717, 1.165) is 6.61 Å². The molecule has 1 aliphatic heterocycles. The molecule has 1 aliphatic rings. The largest absolute Gasteiger partial charge is 0.373 e. The fraction of sp³-hybridized carbons (Fsp3) is 0.833. The molecule has 0 aromatic carbocycles. The minimum absolute atomic E-state index is 0.500. The Morgan fingerprint density at radius 1 is 1.71 bits per heavy atom. The molecule has 0 aromatic rings. The van der Waals surface area contributed by atoms with Gasteiger partial charge in [-0.1, -0.05) is 13.8 Å². The van der Waals surface area contributed by atoms with Crippen molar-refractivity contribution in [2.24, 2.45) is 5.92 Å². The van der Waals surface area contributed by atoms with Crippen LogP contribution in [-0.4, -0.2) is 12.7 Å². The van der Waals surface area contributed by atoms with Crippen LogP contribution in [0.1, 0.15) is 13.8 Å². The van der Waals surface area contributed by atoms with Gasteiger partial charge in [-0.05, 0) is 12.3 Å². The van der Waals surface area contributed by atoms with Crippen molar-refractivity contribution in [3.05, 3.63) is 6.42 Å². The molecule has 1 rings (SSSR count). The van der Waals surface area contributed by atoms with Gasteiger partial charge in [0.2, 0.25) is 0 Å². The highest BCUT2D eigenvalue weighted by atomic mass is 16.6. The molecule has 1 unspecified atom stereocenters. The molecule has 1 radical (unpaired) electrons. The SMILES string of the molecule is CC(C)[CH]C1CO1. The molecule has 1 nitrogen and oxygen atoms in total. The highest BCUT2D eigenvalue weighted by Gasteiger charge is 2.22. The van der Waals surface area contributed by atoms with Crippen LogP contribution in [-0.2, 0) is 4.74 Å². The summed E-state index contributed by atoms with van der Waals surface area (Å²) in [6, 6.07) is 0. The highest BCUT2D eigenvalue weighted by Crippen LogP contribution is 2.16. The van der Waals surface area contributed by atoms with Crippen LogP contribution in [0.5, 0.6) is 0 Å². The highest BCUT2D eigenvalue weighted by molar-refractivity contribution is 4.87. The first-order valence-electron chi connectivity index (χ1n) is 2.75. The van der Waals surface area contributed by atoms with Crippen LogP contribution in [0.25, 0.3) is 0 Å². The summed E-state index contributed by atoms with van der Waals surface area (Å²) in [4.78, 5) is 0. The van der Waals surface area contributed by atoms with Gasteiger partial charge >= 0.3 is 0 Å². The third-order valence-corrected chi connectivity index (χ3v) is 0.959. The van der Waals surface area contributed by atoms with Crippen LogP contribution in [0.2, 0.25) is 0 Å². The Hall–Kier alpha value is -0.0400. The zero-order chi connectivity index (χ0) is 5.28. The third-order valence-electron chi connectivity index (χ3n) is 0.959. The summed E-state index contributed by atoms with van der Waals surface area (Å²) in [7, 11) is 0. The van der Waals surface area contributed by atoms with Gasteiger partial charge in [0.05, 0.1) is 12.7 Å². The second kappa shape index (κ2) is 1.83. The molecule has 1 atom stereocenters. The van der Waals surface area contributed by atoms with E-state index in [2.05, 4.69) is 20.3 Å². The van der Waals surface area contributed by atoms with E-state index in [1.54, 1.807) is 0 Å². The summed E-state index contributed by atoms with van der Waals surface area (Å²) < 4.78 is 4.96. The maximum atomic E-state index is 4.96. The average molecular weight is 99.2 g/mol. The van der Waals surface area contributed by atoms with Crippen molar-refractivity contribution in [2.75, 3.05) is 6.61 Å². The van der Waals surface area contributed by atoms with Crippen LogP contribution in [0.4, 0.5) is 0 Å². The second-order valence-electron chi connectivity index (χ2n) is 2.31. The first-order chi connectivity index (χ1) is 3.29. The molecule has 0 aromatic heterocycles. The molecule has 0 aliphatic carbocycles. The van der Waals surface area contributed by atoms with Gasteiger partial charge in [0, 0.05) is 0 Å². The number of ether oxygens (including phenoxy) is 1. The third kappa shape index (κ3) is 1.93. The van der Waals surface area contributed by atoms with E-state index in [4.69, 9.17) is 4.74 Å². The van der Waals surface area contributed by atoms with Crippen LogP contribution in [0, 0.1) is 12.3 Å². The van der Waals surface area contributed by atoms with E-state index < -0.39 is 0 Å². The Kier molecular flexibility index (Phi) is 1.33. The molecule has 0 saturated carbocycles. The van der Waals surface area contributed by atoms with Crippen LogP contribution >= 0.6 is 0 Å². The lowest BCUT2D eigenvalue weighted by Gasteiger charge is -1.95. The summed E-state index contributed by atoms with van der Waals surface area (Å²) in [5, 5.41) is 0. The molecule has 1 heteroatoms. The summed E-state index contributed by atoms with van der Waals surface area (Å²) in [6.45, 7) is 5.29. The van der Waals surface area contributed by atoms with E-state index in [1.165, 1.54) is 0 Å². The van der Waals surface area contributed by atoms with Crippen molar-refractivity contribution in [1.29, 1.82) is 0 Å². The molecule has 1 saturated heterocycles. The predicted molar refractivity (Wildman–Crippen MR) is 28.9 cm³/mol. The molecule has 0 N–H and O–H groups in total. The molecule has 0 amide bonds. The summed E-state index contributed by atoms with van der Waals surface area (Å²) in [5.74, 6) is 0.688. The summed E-state index contributed by atoms with van der Waals surface area (Å²) in [5.41, 5.74) is 0. The van der Waals surface area contributed by atoms with Gasteiger partial charge in [-0.25, -0.2) is 0 Å². The molecule has 41 valence electrons. The van der Waals surface area contributed by atoms with Gasteiger partial charge in [-0.2, -0.15) is 0 Å². The van der Waals surface area contributed by atoms with E-state index in [-0.39, 0.29) is 0 Å². The van der Waals surface area contributed by atoms with Gasteiger partial charge in [0.1, 0.15) is 0 Å². The maximum absolute atomic E-state index is 4.96. The Balaban J connectivity index is 1.97. The van der Waals surface area contributed by atoms with Crippen LogP contribution in [0.3, 0.4) is 0 Å². The lowest BCUT2D eigenvalue weighted by molar-refractivity contribution is 0.416. The topological polar surface area (TPSA) is 12.5 Å². The van der Waals surface area contributed by atoms with Gasteiger partial charge in [0.15, 0.2) is 0 Å². The first-order valence-corrected chi connectivity index (χ1v) is 2.75. The molecular formula is C6H11O. The molecular weight excluding hydrogens is 88.1 g/mol. The minimum atomic E-state index is 0.500. The number of hydrogen-bond donors (Lipinski definition) is 0. The molecule has 1 fully saturated rings. The number of hydrogen-bond acceptors (Lipinski definition) is 1. The van der Waals surface area contributed by atoms with Crippen molar-refractivity contribution in [3.8, 4) is 0 Å². The van der Waals surface area contributed by atoms with Crippen LogP contribution < -0.4 is 0 Å². The zero-order valence-electron chi connectivity index (χ0n) is 4.85. The smallest absolute Gasteiger partial charge is 0.0844 e. The summed E-state index contributed by atoms with van der Waals surface area (Å²) >= 11 is 0. The Bertz CT molecular complexity index is 55.2. The number of rotatable bonds is 2. The predicted octanol–water partition coefficient (Wildman–Crippen LogP) is 1.25. The van der Waals surface area contributed by atoms with Crippen LogP contribution in [0.15, 0.2) is 0 Å². The van der Waals surface area contributed by atoms with Crippen molar-refractivity contribution >= 4 is 0 Å². The van der Waals surface area contributed by atoms with Gasteiger partial charge in [0.25, 0.3) is 0 Å². The molecule has 7 heavy (non-hydrogen) atoms. The van der Waals surface area contributed by atoms with Crippen molar-refractivity contribution in [2.45, 2.75) is 20.0 Å². The fourth-order valence-electron chi connectivity index (χ4n) is 0.596. The monoisotopic (exact) mass is 99.1 g/mol. The quantitative estimate of drug-likeness (QED) is 0.474. The van der Waals surface area contributed by atoms with Crippen molar-refractivity contribution in [3.63, 3.8) is 0 Å².